The number of morpholine rings is 1. The second kappa shape index (κ2) is 10.6. The van der Waals surface area contributed by atoms with Crippen LogP contribution in [0.2, 0.25) is 5.02 Å². The van der Waals surface area contributed by atoms with E-state index in [1.165, 1.54) is 4.41 Å². The first-order valence-corrected chi connectivity index (χ1v) is 11.1. The summed E-state index contributed by atoms with van der Waals surface area (Å²) in [5.41, 5.74) is 1.33. The molecule has 2 aromatic carbocycles. The summed E-state index contributed by atoms with van der Waals surface area (Å²) in [6, 6.07) is 14.2. The van der Waals surface area contributed by atoms with Gasteiger partial charge >= 0.3 is 0 Å². The van der Waals surface area contributed by atoms with Crippen molar-refractivity contribution in [3.63, 3.8) is 0 Å². The number of hydrogen-bond acceptors (Lipinski definition) is 5. The Kier molecular flexibility index (Phi) is 8.75. The Bertz CT molecular complexity index is 889. The maximum absolute atomic E-state index is 13.8. The SMILES string of the molecule is CN(C)CCc1cc(Cl)ccc1S(=O)(=O)N(c1ccccc1)N1CCOCC1.Cl. The van der Waals surface area contributed by atoms with Crippen molar-refractivity contribution < 1.29 is 13.2 Å². The molecule has 0 radical (unpaired) electrons. The average molecular weight is 460 g/mol. The summed E-state index contributed by atoms with van der Waals surface area (Å²) < 4.78 is 34.4. The number of benzene rings is 2. The van der Waals surface area contributed by atoms with Crippen molar-refractivity contribution in [2.45, 2.75) is 11.3 Å². The fourth-order valence-electron chi connectivity index (χ4n) is 3.18. The molecule has 1 saturated heterocycles. The van der Waals surface area contributed by atoms with Gasteiger partial charge in [0, 0.05) is 24.7 Å². The molecule has 1 heterocycles. The van der Waals surface area contributed by atoms with Gasteiger partial charge in [0.25, 0.3) is 10.0 Å². The summed E-state index contributed by atoms with van der Waals surface area (Å²) in [5, 5.41) is 2.36. The lowest BCUT2D eigenvalue weighted by molar-refractivity contribution is 0.0409. The van der Waals surface area contributed by atoms with E-state index in [1.807, 2.05) is 54.3 Å². The van der Waals surface area contributed by atoms with E-state index in [2.05, 4.69) is 0 Å². The Hall–Kier alpha value is -1.35. The lowest BCUT2D eigenvalue weighted by Crippen LogP contribution is -2.51. The summed E-state index contributed by atoms with van der Waals surface area (Å²) in [6.45, 7) is 2.73. The number of anilines is 1. The average Bonchev–Trinajstić information content (AvgIpc) is 2.68. The van der Waals surface area contributed by atoms with Crippen LogP contribution in [-0.2, 0) is 21.2 Å². The summed E-state index contributed by atoms with van der Waals surface area (Å²) >= 11 is 6.18. The highest BCUT2D eigenvalue weighted by atomic mass is 35.5. The van der Waals surface area contributed by atoms with Gasteiger partial charge in [-0.3, -0.25) is 0 Å². The van der Waals surface area contributed by atoms with E-state index in [1.54, 1.807) is 18.2 Å². The molecule has 3 rings (SSSR count). The highest BCUT2D eigenvalue weighted by molar-refractivity contribution is 7.92. The van der Waals surface area contributed by atoms with Gasteiger partial charge < -0.3 is 9.64 Å². The lowest BCUT2D eigenvalue weighted by atomic mass is 10.1. The number of halogens is 2. The molecule has 1 aliphatic heterocycles. The van der Waals surface area contributed by atoms with Crippen molar-refractivity contribution in [2.24, 2.45) is 0 Å². The Morgan fingerprint density at radius 3 is 2.34 bits per heavy atom. The number of rotatable bonds is 7. The van der Waals surface area contributed by atoms with E-state index in [-0.39, 0.29) is 17.3 Å². The first-order valence-electron chi connectivity index (χ1n) is 9.26. The molecule has 0 saturated carbocycles. The number of hydrazine groups is 1. The summed E-state index contributed by atoms with van der Waals surface area (Å²) in [5.74, 6) is 0. The molecule has 1 fully saturated rings. The van der Waals surface area contributed by atoms with Gasteiger partial charge in [0.15, 0.2) is 0 Å². The van der Waals surface area contributed by atoms with Gasteiger partial charge in [0.05, 0.1) is 23.8 Å². The molecular weight excluding hydrogens is 433 g/mol. The van der Waals surface area contributed by atoms with Crippen LogP contribution in [0.3, 0.4) is 0 Å². The predicted molar refractivity (Wildman–Crippen MR) is 119 cm³/mol. The van der Waals surface area contributed by atoms with Crippen molar-refractivity contribution in [1.29, 1.82) is 0 Å². The number of ether oxygens (including phenoxy) is 1. The lowest BCUT2D eigenvalue weighted by Gasteiger charge is -2.38. The Balaban J connectivity index is 0.00000300. The van der Waals surface area contributed by atoms with Gasteiger partial charge in [0.1, 0.15) is 0 Å². The van der Waals surface area contributed by atoms with Crippen LogP contribution in [0, 0.1) is 0 Å². The minimum Gasteiger partial charge on any atom is -0.379 e. The van der Waals surface area contributed by atoms with Crippen LogP contribution >= 0.6 is 24.0 Å². The minimum atomic E-state index is -3.82. The number of likely N-dealkylation sites (N-methyl/N-ethyl adjacent to an activating group) is 1. The zero-order valence-electron chi connectivity index (χ0n) is 16.6. The maximum Gasteiger partial charge on any atom is 0.278 e. The molecule has 0 amide bonds. The number of hydrogen-bond donors (Lipinski definition) is 0. The third-order valence-electron chi connectivity index (χ3n) is 4.58. The van der Waals surface area contributed by atoms with Gasteiger partial charge in [-0.05, 0) is 56.4 Å². The summed E-state index contributed by atoms with van der Waals surface area (Å²) in [4.78, 5) is 2.31. The van der Waals surface area contributed by atoms with Gasteiger partial charge in [0.2, 0.25) is 0 Å². The van der Waals surface area contributed by atoms with Crippen LogP contribution in [0.1, 0.15) is 5.56 Å². The van der Waals surface area contributed by atoms with E-state index in [9.17, 15) is 8.42 Å². The molecule has 0 aliphatic carbocycles. The Labute approximate surface area is 184 Å². The molecular formula is C20H27Cl2N3O3S. The highest BCUT2D eigenvalue weighted by Gasteiger charge is 2.33. The van der Waals surface area contributed by atoms with Crippen molar-refractivity contribution in [3.8, 4) is 0 Å². The smallest absolute Gasteiger partial charge is 0.278 e. The molecule has 0 aromatic heterocycles. The first kappa shape index (κ1) is 23.9. The number of para-hydroxylation sites is 1. The first-order chi connectivity index (χ1) is 13.4. The minimum absolute atomic E-state index is 0. The molecule has 0 unspecified atom stereocenters. The van der Waals surface area contributed by atoms with Crippen LogP contribution in [0.5, 0.6) is 0 Å². The van der Waals surface area contributed by atoms with E-state index >= 15 is 0 Å². The molecule has 0 bridgehead atoms. The highest BCUT2D eigenvalue weighted by Crippen LogP contribution is 2.30. The molecule has 1 aliphatic rings. The Morgan fingerprint density at radius 2 is 1.72 bits per heavy atom. The molecule has 9 heteroatoms. The van der Waals surface area contributed by atoms with Crippen LogP contribution in [0.15, 0.2) is 53.4 Å². The van der Waals surface area contributed by atoms with E-state index in [4.69, 9.17) is 16.3 Å². The fraction of sp³-hybridized carbons (Fsp3) is 0.400. The van der Waals surface area contributed by atoms with Crippen LogP contribution in [-0.4, -0.2) is 65.3 Å². The molecule has 160 valence electrons. The van der Waals surface area contributed by atoms with E-state index in [0.29, 0.717) is 43.4 Å². The van der Waals surface area contributed by atoms with E-state index in [0.717, 1.165) is 12.1 Å². The summed E-state index contributed by atoms with van der Waals surface area (Å²) in [7, 11) is 0.0996. The molecule has 0 spiro atoms. The third-order valence-corrected chi connectivity index (χ3v) is 6.66. The monoisotopic (exact) mass is 459 g/mol. The Morgan fingerprint density at radius 1 is 1.07 bits per heavy atom. The molecule has 6 nitrogen and oxygen atoms in total. The van der Waals surface area contributed by atoms with Crippen LogP contribution in [0.25, 0.3) is 0 Å². The van der Waals surface area contributed by atoms with Crippen molar-refractivity contribution in [2.75, 3.05) is 51.4 Å². The largest absolute Gasteiger partial charge is 0.379 e. The van der Waals surface area contributed by atoms with Crippen molar-refractivity contribution >= 4 is 39.7 Å². The normalized spacial score (nSPS) is 15.2. The van der Waals surface area contributed by atoms with Crippen molar-refractivity contribution in [3.05, 3.63) is 59.1 Å². The van der Waals surface area contributed by atoms with Gasteiger partial charge in [-0.1, -0.05) is 29.8 Å². The van der Waals surface area contributed by atoms with Gasteiger partial charge in [-0.25, -0.2) is 5.01 Å². The standard InChI is InChI=1S/C20H26ClN3O3S.ClH/c1-22(2)11-10-17-16-18(21)8-9-20(17)28(25,26)24(19-6-4-3-5-7-19)23-12-14-27-15-13-23;/h3-9,16H,10-15H2,1-2H3;1H. The quantitative estimate of drug-likeness (QED) is 0.635. The molecule has 0 atom stereocenters. The van der Waals surface area contributed by atoms with Gasteiger partial charge in [-0.15, -0.1) is 12.4 Å². The third kappa shape index (κ3) is 5.84. The zero-order valence-corrected chi connectivity index (χ0v) is 19.0. The topological polar surface area (TPSA) is 53.1 Å². The number of sulfonamides is 1. The molecule has 0 N–H and O–H groups in total. The van der Waals surface area contributed by atoms with Crippen LogP contribution in [0.4, 0.5) is 5.69 Å². The predicted octanol–water partition coefficient (Wildman–Crippen LogP) is 3.31. The zero-order chi connectivity index (χ0) is 20.1. The summed E-state index contributed by atoms with van der Waals surface area (Å²) in [6.07, 6.45) is 0.591. The maximum atomic E-state index is 13.8. The van der Waals surface area contributed by atoms with Gasteiger partial charge in [-0.2, -0.15) is 12.8 Å². The molecule has 2 aromatic rings. The van der Waals surface area contributed by atoms with E-state index < -0.39 is 10.0 Å². The van der Waals surface area contributed by atoms with Crippen LogP contribution < -0.4 is 4.41 Å². The fourth-order valence-corrected chi connectivity index (χ4v) is 5.16. The van der Waals surface area contributed by atoms with Crippen molar-refractivity contribution in [1.82, 2.24) is 9.91 Å². The second-order valence-corrected chi connectivity index (χ2v) is 9.13. The second-order valence-electron chi connectivity index (χ2n) is 6.95. The number of nitrogens with zero attached hydrogens (tertiary/aromatic N) is 3. The molecule has 29 heavy (non-hydrogen) atoms.